The minimum Gasteiger partial charge on any atom is -0.373 e. The van der Waals surface area contributed by atoms with E-state index in [-0.39, 0.29) is 11.8 Å². The number of rotatable bonds is 7. The summed E-state index contributed by atoms with van der Waals surface area (Å²) in [6, 6.07) is 9.99. The van der Waals surface area contributed by atoms with Crippen LogP contribution in [0.25, 0.3) is 0 Å². The largest absolute Gasteiger partial charge is 0.373 e. The molecule has 0 atom stereocenters. The highest BCUT2D eigenvalue weighted by Gasteiger charge is 2.03. The van der Waals surface area contributed by atoms with Gasteiger partial charge in [-0.25, -0.2) is 0 Å². The summed E-state index contributed by atoms with van der Waals surface area (Å²) in [7, 11) is 1.98. The van der Waals surface area contributed by atoms with E-state index < -0.39 is 0 Å². The van der Waals surface area contributed by atoms with E-state index in [1.807, 2.05) is 37.4 Å². The highest BCUT2D eigenvalue weighted by molar-refractivity contribution is 5.77. The lowest BCUT2D eigenvalue weighted by atomic mass is 10.3. The number of hydrogen-bond acceptors (Lipinski definition) is 3. The van der Waals surface area contributed by atoms with Crippen LogP contribution in [0.1, 0.15) is 13.3 Å². The Bertz CT molecular complexity index is 406. The van der Waals surface area contributed by atoms with Crippen molar-refractivity contribution in [2.75, 3.05) is 31.6 Å². The van der Waals surface area contributed by atoms with Crippen LogP contribution in [-0.4, -0.2) is 38.5 Å². The van der Waals surface area contributed by atoms with Gasteiger partial charge in [0.2, 0.25) is 11.8 Å². The van der Waals surface area contributed by atoms with E-state index in [4.69, 9.17) is 0 Å². The maximum atomic E-state index is 11.5. The van der Waals surface area contributed by atoms with Crippen LogP contribution in [0.15, 0.2) is 30.3 Å². The lowest BCUT2D eigenvalue weighted by Crippen LogP contribution is -2.34. The molecule has 2 amide bonds. The molecule has 1 aromatic carbocycles. The molecule has 19 heavy (non-hydrogen) atoms. The lowest BCUT2D eigenvalue weighted by Gasteiger charge is -2.19. The fraction of sp³-hybridized carbons (Fsp3) is 0.429. The van der Waals surface area contributed by atoms with Gasteiger partial charge in [0, 0.05) is 45.7 Å². The van der Waals surface area contributed by atoms with Crippen molar-refractivity contribution in [3.63, 3.8) is 0 Å². The van der Waals surface area contributed by atoms with Gasteiger partial charge in [0.05, 0.1) is 0 Å². The fourth-order valence-electron chi connectivity index (χ4n) is 1.62. The standard InChI is InChI=1S/C14H21N3O2/c1-12(18)15-9-8-14(19)16-10-11-17(2)13-6-4-3-5-7-13/h3-7H,8-11H2,1-2H3,(H,15,18)(H,16,19). The van der Waals surface area contributed by atoms with Crippen LogP contribution in [0.3, 0.4) is 0 Å². The summed E-state index contributed by atoms with van der Waals surface area (Å²) < 4.78 is 0. The Balaban J connectivity index is 2.16. The van der Waals surface area contributed by atoms with Crippen molar-refractivity contribution in [2.24, 2.45) is 0 Å². The number of nitrogens with one attached hydrogen (secondary N) is 2. The van der Waals surface area contributed by atoms with Gasteiger partial charge in [-0.05, 0) is 12.1 Å². The van der Waals surface area contributed by atoms with E-state index in [9.17, 15) is 9.59 Å². The molecule has 0 unspecified atom stereocenters. The molecule has 1 rings (SSSR count). The summed E-state index contributed by atoms with van der Waals surface area (Å²) in [5.41, 5.74) is 1.12. The topological polar surface area (TPSA) is 61.4 Å². The van der Waals surface area contributed by atoms with Crippen molar-refractivity contribution in [3.05, 3.63) is 30.3 Å². The first-order valence-electron chi connectivity index (χ1n) is 6.37. The molecule has 0 saturated heterocycles. The van der Waals surface area contributed by atoms with Gasteiger partial charge in [-0.1, -0.05) is 18.2 Å². The number of likely N-dealkylation sites (N-methyl/N-ethyl adjacent to an activating group) is 1. The summed E-state index contributed by atoms with van der Waals surface area (Å²) in [6.07, 6.45) is 0.314. The number of nitrogens with zero attached hydrogens (tertiary/aromatic N) is 1. The van der Waals surface area contributed by atoms with Crippen LogP contribution in [0.4, 0.5) is 5.69 Å². The minimum atomic E-state index is -0.114. The zero-order valence-corrected chi connectivity index (χ0v) is 11.5. The van der Waals surface area contributed by atoms with E-state index in [0.717, 1.165) is 12.2 Å². The predicted octanol–water partition coefficient (Wildman–Crippen LogP) is 0.765. The van der Waals surface area contributed by atoms with E-state index in [1.54, 1.807) is 0 Å². The van der Waals surface area contributed by atoms with Crippen molar-refractivity contribution in [3.8, 4) is 0 Å². The molecule has 2 N–H and O–H groups in total. The van der Waals surface area contributed by atoms with Crippen molar-refractivity contribution in [1.29, 1.82) is 0 Å². The van der Waals surface area contributed by atoms with Crippen molar-refractivity contribution in [2.45, 2.75) is 13.3 Å². The Kier molecular flexibility index (Phi) is 6.43. The van der Waals surface area contributed by atoms with Crippen LogP contribution < -0.4 is 15.5 Å². The summed E-state index contributed by atoms with van der Waals surface area (Å²) in [5.74, 6) is -0.160. The molecular weight excluding hydrogens is 242 g/mol. The van der Waals surface area contributed by atoms with Crippen LogP contribution in [-0.2, 0) is 9.59 Å². The highest BCUT2D eigenvalue weighted by Crippen LogP contribution is 2.09. The number of anilines is 1. The van der Waals surface area contributed by atoms with Crippen molar-refractivity contribution >= 4 is 17.5 Å². The lowest BCUT2D eigenvalue weighted by molar-refractivity contribution is -0.121. The monoisotopic (exact) mass is 263 g/mol. The average molecular weight is 263 g/mol. The number of para-hydroxylation sites is 1. The molecule has 0 aromatic heterocycles. The number of carbonyl (C=O) groups is 2. The van der Waals surface area contributed by atoms with Gasteiger partial charge >= 0.3 is 0 Å². The van der Waals surface area contributed by atoms with Crippen LogP contribution >= 0.6 is 0 Å². The summed E-state index contributed by atoms with van der Waals surface area (Å²) in [4.78, 5) is 24.2. The molecule has 0 fully saturated rings. The Hall–Kier alpha value is -2.04. The zero-order chi connectivity index (χ0) is 14.1. The molecular formula is C14H21N3O2. The van der Waals surface area contributed by atoms with Gasteiger partial charge in [-0.15, -0.1) is 0 Å². The van der Waals surface area contributed by atoms with E-state index >= 15 is 0 Å². The first-order chi connectivity index (χ1) is 9.09. The molecule has 0 radical (unpaired) electrons. The summed E-state index contributed by atoms with van der Waals surface area (Å²) in [5, 5.41) is 5.42. The Morgan fingerprint density at radius 3 is 2.42 bits per heavy atom. The fourth-order valence-corrected chi connectivity index (χ4v) is 1.62. The second-order valence-electron chi connectivity index (χ2n) is 4.34. The maximum Gasteiger partial charge on any atom is 0.221 e. The van der Waals surface area contributed by atoms with Gasteiger partial charge in [0.25, 0.3) is 0 Å². The van der Waals surface area contributed by atoms with Crippen molar-refractivity contribution in [1.82, 2.24) is 10.6 Å². The highest BCUT2D eigenvalue weighted by atomic mass is 16.2. The first-order valence-corrected chi connectivity index (χ1v) is 6.37. The third kappa shape index (κ3) is 6.45. The molecule has 0 aliphatic rings. The van der Waals surface area contributed by atoms with Crippen molar-refractivity contribution < 1.29 is 9.59 Å². The molecule has 0 bridgehead atoms. The van der Waals surface area contributed by atoms with Crippen LogP contribution in [0.5, 0.6) is 0 Å². The van der Waals surface area contributed by atoms with Crippen LogP contribution in [0, 0.1) is 0 Å². The SMILES string of the molecule is CC(=O)NCCC(=O)NCCN(C)c1ccccc1. The molecule has 0 spiro atoms. The van der Waals surface area contributed by atoms with Gasteiger partial charge in [0.15, 0.2) is 0 Å². The minimum absolute atomic E-state index is 0.0461. The smallest absolute Gasteiger partial charge is 0.221 e. The number of carbonyl (C=O) groups excluding carboxylic acids is 2. The van der Waals surface area contributed by atoms with E-state index in [1.165, 1.54) is 6.92 Å². The molecule has 5 nitrogen and oxygen atoms in total. The predicted molar refractivity (Wildman–Crippen MR) is 76.0 cm³/mol. The second kappa shape index (κ2) is 8.13. The third-order valence-electron chi connectivity index (χ3n) is 2.69. The Morgan fingerprint density at radius 1 is 1.11 bits per heavy atom. The van der Waals surface area contributed by atoms with Gasteiger partial charge in [0.1, 0.15) is 0 Å². The molecule has 0 saturated carbocycles. The Labute approximate surface area is 114 Å². The molecule has 104 valence electrons. The number of amides is 2. The quantitative estimate of drug-likeness (QED) is 0.763. The van der Waals surface area contributed by atoms with Crippen LogP contribution in [0.2, 0.25) is 0 Å². The molecule has 1 aromatic rings. The molecule has 0 aliphatic heterocycles. The second-order valence-corrected chi connectivity index (χ2v) is 4.34. The van der Waals surface area contributed by atoms with E-state index in [2.05, 4.69) is 15.5 Å². The maximum absolute atomic E-state index is 11.5. The number of benzene rings is 1. The van der Waals surface area contributed by atoms with Gasteiger partial charge < -0.3 is 15.5 Å². The third-order valence-corrected chi connectivity index (χ3v) is 2.69. The number of hydrogen-bond donors (Lipinski definition) is 2. The molecule has 0 aliphatic carbocycles. The van der Waals surface area contributed by atoms with Gasteiger partial charge in [-0.3, -0.25) is 9.59 Å². The van der Waals surface area contributed by atoms with E-state index in [0.29, 0.717) is 19.5 Å². The molecule has 5 heteroatoms. The summed E-state index contributed by atoms with van der Waals surface area (Å²) >= 11 is 0. The molecule has 0 heterocycles. The zero-order valence-electron chi connectivity index (χ0n) is 11.5. The first kappa shape index (κ1) is 15.0. The average Bonchev–Trinajstić information content (AvgIpc) is 2.39. The normalized spacial score (nSPS) is 9.79. The summed E-state index contributed by atoms with van der Waals surface area (Å²) in [6.45, 7) is 3.16. The Morgan fingerprint density at radius 2 is 1.79 bits per heavy atom. The van der Waals surface area contributed by atoms with Gasteiger partial charge in [-0.2, -0.15) is 0 Å².